The van der Waals surface area contributed by atoms with Gasteiger partial charge in [-0.25, -0.2) is 4.79 Å². The number of amides is 2. The molecule has 2 aromatic carbocycles. The molecule has 168 valence electrons. The molecule has 3 rings (SSSR count). The minimum absolute atomic E-state index is 0.00310. The van der Waals surface area contributed by atoms with E-state index in [-0.39, 0.29) is 5.69 Å². The van der Waals surface area contributed by atoms with Gasteiger partial charge < -0.3 is 24.4 Å². The minimum Gasteiger partial charge on any atom is -0.496 e. The van der Waals surface area contributed by atoms with Crippen LogP contribution < -0.4 is 19.5 Å². The maximum absolute atomic E-state index is 13.1. The normalized spacial score (nSPS) is 16.2. The molecule has 1 heterocycles. The van der Waals surface area contributed by atoms with Crippen LogP contribution in [0.2, 0.25) is 5.02 Å². The van der Waals surface area contributed by atoms with Crippen LogP contribution in [0, 0.1) is 0 Å². The highest BCUT2D eigenvalue weighted by Crippen LogP contribution is 2.46. The molecule has 0 aromatic heterocycles. The maximum atomic E-state index is 13.1. The van der Waals surface area contributed by atoms with E-state index in [9.17, 15) is 18.0 Å². The van der Waals surface area contributed by atoms with Gasteiger partial charge in [0.2, 0.25) is 0 Å². The third-order valence-corrected chi connectivity index (χ3v) is 6.25. The van der Waals surface area contributed by atoms with Gasteiger partial charge in [-0.3, -0.25) is 0 Å². The number of thioether (sulfide) groups is 1. The monoisotopic (exact) mass is 476 g/mol. The molecule has 0 saturated carbocycles. The van der Waals surface area contributed by atoms with E-state index in [4.69, 9.17) is 25.8 Å². The summed E-state index contributed by atoms with van der Waals surface area (Å²) < 4.78 is 55.5. The van der Waals surface area contributed by atoms with E-state index in [0.717, 1.165) is 12.1 Å². The van der Waals surface area contributed by atoms with Crippen LogP contribution in [0.4, 0.5) is 23.7 Å². The average molecular weight is 477 g/mol. The lowest BCUT2D eigenvalue weighted by atomic mass is 10.1. The lowest BCUT2D eigenvalue weighted by Gasteiger charge is -2.26. The Morgan fingerprint density at radius 2 is 1.74 bits per heavy atom. The molecule has 1 fully saturated rings. The van der Waals surface area contributed by atoms with Crippen molar-refractivity contribution < 1.29 is 32.2 Å². The van der Waals surface area contributed by atoms with Gasteiger partial charge in [0.25, 0.3) is 0 Å². The maximum Gasteiger partial charge on any atom is 0.417 e. The number of nitrogens with one attached hydrogen (secondary N) is 1. The molecule has 1 atom stereocenters. The van der Waals surface area contributed by atoms with Crippen molar-refractivity contribution >= 4 is 35.1 Å². The highest BCUT2D eigenvalue weighted by Gasteiger charge is 2.35. The van der Waals surface area contributed by atoms with Gasteiger partial charge in [-0.05, 0) is 24.3 Å². The molecule has 1 saturated heterocycles. The Kier molecular flexibility index (Phi) is 7.00. The van der Waals surface area contributed by atoms with Gasteiger partial charge in [0.1, 0.15) is 11.1 Å². The number of urea groups is 1. The second-order valence-electron chi connectivity index (χ2n) is 6.49. The molecule has 0 radical (unpaired) electrons. The number of rotatable bonds is 5. The van der Waals surface area contributed by atoms with Crippen molar-refractivity contribution in [2.24, 2.45) is 0 Å². The second-order valence-corrected chi connectivity index (χ2v) is 8.08. The van der Waals surface area contributed by atoms with Crippen LogP contribution >= 0.6 is 23.4 Å². The molecule has 31 heavy (non-hydrogen) atoms. The number of hydrogen-bond donors (Lipinski definition) is 1. The van der Waals surface area contributed by atoms with Gasteiger partial charge in [0.15, 0.2) is 11.5 Å². The third kappa shape index (κ3) is 4.90. The van der Waals surface area contributed by atoms with Gasteiger partial charge in [-0.15, -0.1) is 11.8 Å². The van der Waals surface area contributed by atoms with Crippen molar-refractivity contribution in [1.82, 2.24) is 4.90 Å². The van der Waals surface area contributed by atoms with Crippen molar-refractivity contribution in [2.45, 2.75) is 11.6 Å². The fourth-order valence-corrected chi connectivity index (χ4v) is 4.69. The zero-order valence-electron chi connectivity index (χ0n) is 16.9. The first-order chi connectivity index (χ1) is 14.7. The summed E-state index contributed by atoms with van der Waals surface area (Å²) in [4.78, 5) is 14.4. The Balaban J connectivity index is 1.88. The number of carbonyl (C=O) groups is 1. The first-order valence-electron chi connectivity index (χ1n) is 9.05. The summed E-state index contributed by atoms with van der Waals surface area (Å²) in [5.41, 5.74) is -0.331. The number of alkyl halides is 3. The predicted molar refractivity (Wildman–Crippen MR) is 113 cm³/mol. The Morgan fingerprint density at radius 3 is 2.35 bits per heavy atom. The van der Waals surface area contributed by atoms with E-state index >= 15 is 0 Å². The first kappa shape index (κ1) is 23.2. The van der Waals surface area contributed by atoms with Crippen LogP contribution in [0.5, 0.6) is 17.2 Å². The largest absolute Gasteiger partial charge is 0.496 e. The first-order valence-corrected chi connectivity index (χ1v) is 10.5. The summed E-state index contributed by atoms with van der Waals surface area (Å²) in [7, 11) is 4.50. The zero-order valence-corrected chi connectivity index (χ0v) is 18.5. The van der Waals surface area contributed by atoms with Crippen molar-refractivity contribution in [1.29, 1.82) is 0 Å². The van der Waals surface area contributed by atoms with Gasteiger partial charge in [0, 0.05) is 29.6 Å². The van der Waals surface area contributed by atoms with Crippen molar-refractivity contribution in [3.8, 4) is 17.2 Å². The average Bonchev–Trinajstić information content (AvgIpc) is 3.23. The highest BCUT2D eigenvalue weighted by molar-refractivity contribution is 7.99. The summed E-state index contributed by atoms with van der Waals surface area (Å²) in [5.74, 6) is 2.09. The quantitative estimate of drug-likeness (QED) is 0.603. The molecule has 1 N–H and O–H groups in total. The van der Waals surface area contributed by atoms with Gasteiger partial charge in [0.05, 0.1) is 31.9 Å². The summed E-state index contributed by atoms with van der Waals surface area (Å²) in [5, 5.41) is 1.67. The molecule has 0 bridgehead atoms. The standard InChI is InChI=1S/C20H20ClF3N2O4S/c1-28-15-10-17(30-3)16(29-2)9-12(15)18-26(6-7-31-18)19(27)25-11-4-5-14(21)13(8-11)20(22,23)24/h4-5,8-10,18H,6-7H2,1-3H3,(H,25,27). The van der Waals surface area contributed by atoms with Crippen LogP contribution in [0.1, 0.15) is 16.5 Å². The summed E-state index contributed by atoms with van der Waals surface area (Å²) in [6.45, 7) is 0.401. The van der Waals surface area contributed by atoms with Crippen LogP contribution in [0.15, 0.2) is 30.3 Å². The summed E-state index contributed by atoms with van der Waals surface area (Å²) in [6.07, 6.45) is -4.63. The van der Waals surface area contributed by atoms with Gasteiger partial charge in [-0.2, -0.15) is 13.2 Å². The molecule has 0 spiro atoms. The number of hydrogen-bond acceptors (Lipinski definition) is 5. The fraction of sp³-hybridized carbons (Fsp3) is 0.350. The topological polar surface area (TPSA) is 60.0 Å². The molecule has 1 unspecified atom stereocenters. The van der Waals surface area contributed by atoms with Crippen molar-refractivity contribution in [3.63, 3.8) is 0 Å². The Hall–Kier alpha value is -2.46. The molecule has 11 heteroatoms. The third-order valence-electron chi connectivity index (χ3n) is 4.68. The van der Waals surface area contributed by atoms with Gasteiger partial charge in [-0.1, -0.05) is 11.6 Å². The number of carbonyl (C=O) groups excluding carboxylic acids is 1. The molecule has 1 aliphatic rings. The highest BCUT2D eigenvalue weighted by atomic mass is 35.5. The number of anilines is 1. The smallest absolute Gasteiger partial charge is 0.417 e. The number of ether oxygens (including phenoxy) is 3. The number of benzene rings is 2. The molecule has 1 aliphatic heterocycles. The van der Waals surface area contributed by atoms with Crippen LogP contribution in [0.25, 0.3) is 0 Å². The molecule has 2 aromatic rings. The van der Waals surface area contributed by atoms with E-state index in [2.05, 4.69) is 5.32 Å². The fourth-order valence-electron chi connectivity index (χ4n) is 3.20. The van der Waals surface area contributed by atoms with E-state index in [1.54, 1.807) is 12.1 Å². The Morgan fingerprint density at radius 1 is 1.10 bits per heavy atom. The van der Waals surface area contributed by atoms with Gasteiger partial charge >= 0.3 is 12.2 Å². The predicted octanol–water partition coefficient (Wildman–Crippen LogP) is 5.66. The van der Waals surface area contributed by atoms with Crippen molar-refractivity contribution in [3.05, 3.63) is 46.5 Å². The van der Waals surface area contributed by atoms with E-state index in [1.165, 1.54) is 44.1 Å². The lowest BCUT2D eigenvalue weighted by molar-refractivity contribution is -0.137. The SMILES string of the molecule is COc1cc(OC)c(C2SCCN2C(=O)Nc2ccc(Cl)c(C(F)(F)F)c2)cc1OC. The molecule has 0 aliphatic carbocycles. The van der Waals surface area contributed by atoms with Crippen LogP contribution in [-0.4, -0.2) is 44.6 Å². The zero-order chi connectivity index (χ0) is 22.8. The summed E-state index contributed by atoms with van der Waals surface area (Å²) in [6, 6.07) is 6.10. The summed E-state index contributed by atoms with van der Waals surface area (Å²) >= 11 is 7.15. The molecular weight excluding hydrogens is 457 g/mol. The number of methoxy groups -OCH3 is 3. The minimum atomic E-state index is -4.63. The number of halogens is 4. The lowest BCUT2D eigenvalue weighted by Crippen LogP contribution is -2.34. The molecule has 6 nitrogen and oxygen atoms in total. The van der Waals surface area contributed by atoms with Crippen LogP contribution in [-0.2, 0) is 6.18 Å². The molecular formula is C20H20ClF3N2O4S. The van der Waals surface area contributed by atoms with Crippen molar-refractivity contribution in [2.75, 3.05) is 38.9 Å². The molecule has 2 amide bonds. The number of nitrogens with zero attached hydrogens (tertiary/aromatic N) is 1. The van der Waals surface area contributed by atoms with Crippen LogP contribution in [0.3, 0.4) is 0 Å². The second kappa shape index (κ2) is 9.35. The Bertz CT molecular complexity index is 974. The van der Waals surface area contributed by atoms with E-state index < -0.39 is 28.2 Å². The Labute approximate surface area is 186 Å². The van der Waals surface area contributed by atoms with E-state index in [1.807, 2.05) is 0 Å². The van der Waals surface area contributed by atoms with E-state index in [0.29, 0.717) is 35.1 Å².